The number of pyridine rings is 3. The third-order valence-corrected chi connectivity index (χ3v) is 6.06. The molecule has 234 valence electrons. The maximum atomic E-state index is 12.6. The van der Waals surface area contributed by atoms with Crippen LogP contribution in [0.25, 0.3) is 0 Å². The molecule has 11 nitrogen and oxygen atoms in total. The molecule has 0 atom stereocenters. The van der Waals surface area contributed by atoms with Gasteiger partial charge in [0, 0.05) is 36.8 Å². The first kappa shape index (κ1) is 36.3. The largest absolute Gasteiger partial charge is 0.423 e. The van der Waals surface area contributed by atoms with Crippen LogP contribution in [0.2, 0.25) is 0 Å². The number of nitrogen functional groups attached to an aromatic ring is 1. The van der Waals surface area contributed by atoms with Crippen molar-refractivity contribution in [1.82, 2.24) is 24.7 Å². The second-order valence-electron chi connectivity index (χ2n) is 10.9. The van der Waals surface area contributed by atoms with Crippen LogP contribution in [0.4, 0.5) is 10.2 Å². The molecule has 0 aliphatic rings. The van der Waals surface area contributed by atoms with E-state index in [1.54, 1.807) is 30.6 Å². The van der Waals surface area contributed by atoms with Crippen LogP contribution in [0.15, 0.2) is 69.4 Å². The van der Waals surface area contributed by atoms with Gasteiger partial charge in [-0.3, -0.25) is 19.8 Å². The number of aromatic nitrogens is 5. The first-order valence-electron chi connectivity index (χ1n) is 13.9. The Morgan fingerprint density at radius 2 is 1.35 bits per heavy atom. The Bertz CT molecular complexity index is 1650. The lowest BCUT2D eigenvalue weighted by molar-refractivity contribution is 0.171. The zero-order valence-corrected chi connectivity index (χ0v) is 26.0. The fraction of sp³-hybridized carbons (Fsp3) is 0.387. The van der Waals surface area contributed by atoms with Gasteiger partial charge in [0.05, 0.1) is 5.69 Å². The number of hydrogen-bond acceptors (Lipinski definition) is 7. The third kappa shape index (κ3) is 12.8. The summed E-state index contributed by atoms with van der Waals surface area (Å²) in [6.45, 7) is 16.1. The molecular weight excluding hydrogens is 553 g/mol. The molecule has 4 heterocycles. The lowest BCUT2D eigenvalue weighted by atomic mass is 10.1. The van der Waals surface area contributed by atoms with E-state index in [0.29, 0.717) is 22.3 Å². The van der Waals surface area contributed by atoms with Crippen LogP contribution in [0.3, 0.4) is 0 Å². The normalized spacial score (nSPS) is 10.4. The van der Waals surface area contributed by atoms with Crippen LogP contribution in [0, 0.1) is 11.2 Å². The van der Waals surface area contributed by atoms with Crippen molar-refractivity contribution in [3.05, 3.63) is 120 Å². The fourth-order valence-corrected chi connectivity index (χ4v) is 3.24. The zero-order valence-electron chi connectivity index (χ0n) is 26.0. The summed E-state index contributed by atoms with van der Waals surface area (Å²) < 4.78 is 13.1. The van der Waals surface area contributed by atoms with E-state index < -0.39 is 11.4 Å². The van der Waals surface area contributed by atoms with Crippen molar-refractivity contribution in [3.63, 3.8) is 0 Å². The van der Waals surface area contributed by atoms with Crippen molar-refractivity contribution in [2.45, 2.75) is 79.1 Å². The maximum absolute atomic E-state index is 12.6. The van der Waals surface area contributed by atoms with Gasteiger partial charge < -0.3 is 25.9 Å². The number of anilines is 1. The standard InChI is InChI=1S/C8H10FNO.2C8H11NO.C7H12N4O/c1-5(2)6-3-7(9)8(11)10-4-6;1-6(2)7-3-4-9-8(10)5-7;1-6(2)7-3-4-8(10)9-5-7;1-4(2)5-3-6(8)11(12)7(9)10-5/h3-5H,1-2H3,(H,10,11);2*3-6H,1-2H3,(H,9,10);3-4,9,12H,8H2,1-2H3. The molecule has 43 heavy (non-hydrogen) atoms. The summed E-state index contributed by atoms with van der Waals surface area (Å²) in [4.78, 5) is 43.2. The number of nitrogens with zero attached hydrogens (tertiary/aromatic N) is 2. The van der Waals surface area contributed by atoms with E-state index in [9.17, 15) is 18.8 Å². The van der Waals surface area contributed by atoms with Crippen LogP contribution in [-0.4, -0.2) is 29.9 Å². The second-order valence-corrected chi connectivity index (χ2v) is 10.9. The molecule has 0 saturated carbocycles. The number of rotatable bonds is 4. The van der Waals surface area contributed by atoms with E-state index >= 15 is 0 Å². The molecule has 0 spiro atoms. The molecule has 0 aliphatic heterocycles. The molecule has 4 rings (SSSR count). The topological polar surface area (TPSA) is 186 Å². The van der Waals surface area contributed by atoms with E-state index in [0.717, 1.165) is 11.1 Å². The Hall–Kier alpha value is -4.74. The number of nitrogens with one attached hydrogen (secondary N) is 4. The van der Waals surface area contributed by atoms with E-state index in [1.807, 2.05) is 39.8 Å². The average Bonchev–Trinajstić information content (AvgIpc) is 2.94. The molecule has 0 fully saturated rings. The van der Waals surface area contributed by atoms with Gasteiger partial charge in [0.2, 0.25) is 11.1 Å². The predicted molar refractivity (Wildman–Crippen MR) is 167 cm³/mol. The Balaban J connectivity index is 0.000000287. The Morgan fingerprint density at radius 1 is 0.767 bits per heavy atom. The number of nitrogens with two attached hydrogens (primary N) is 1. The minimum absolute atomic E-state index is 0.0220. The van der Waals surface area contributed by atoms with Gasteiger partial charge in [0.15, 0.2) is 5.82 Å². The Labute approximate surface area is 250 Å². The highest BCUT2D eigenvalue weighted by atomic mass is 19.1. The molecule has 0 radical (unpaired) electrons. The lowest BCUT2D eigenvalue weighted by Crippen LogP contribution is -2.25. The molecule has 0 saturated heterocycles. The van der Waals surface area contributed by atoms with Crippen LogP contribution >= 0.6 is 0 Å². The number of H-pyrrole nitrogens is 3. The van der Waals surface area contributed by atoms with Gasteiger partial charge >= 0.3 is 0 Å². The van der Waals surface area contributed by atoms with Gasteiger partial charge in [0.25, 0.3) is 11.2 Å². The minimum Gasteiger partial charge on any atom is -0.423 e. The third-order valence-electron chi connectivity index (χ3n) is 6.06. The van der Waals surface area contributed by atoms with Gasteiger partial charge in [-0.1, -0.05) is 61.5 Å². The van der Waals surface area contributed by atoms with Crippen LogP contribution in [0.5, 0.6) is 0 Å². The SMILES string of the molecule is CC(C)c1c[nH]c(=O)c(F)c1.CC(C)c1cc(N)n(O)c(=N)n1.CC(C)c1cc[nH]c(=O)c1.CC(C)c1ccc(=O)[nH]c1. The summed E-state index contributed by atoms with van der Waals surface area (Å²) in [6, 6.07) is 9.78. The van der Waals surface area contributed by atoms with E-state index in [4.69, 9.17) is 16.4 Å². The number of hydrogen-bond donors (Lipinski definition) is 6. The quantitative estimate of drug-likeness (QED) is 0.181. The summed E-state index contributed by atoms with van der Waals surface area (Å²) in [5.74, 6) is 0.785. The summed E-state index contributed by atoms with van der Waals surface area (Å²) >= 11 is 0. The first-order valence-corrected chi connectivity index (χ1v) is 13.9. The van der Waals surface area contributed by atoms with Crippen LogP contribution < -0.4 is 28.0 Å². The van der Waals surface area contributed by atoms with Crippen molar-refractivity contribution in [2.75, 3.05) is 5.73 Å². The maximum Gasteiger partial charge on any atom is 0.283 e. The van der Waals surface area contributed by atoms with Gasteiger partial charge in [-0.25, -0.2) is 9.37 Å². The predicted octanol–water partition coefficient (Wildman–Crippen LogP) is 4.94. The summed E-state index contributed by atoms with van der Waals surface area (Å²) in [7, 11) is 0. The molecule has 7 N–H and O–H groups in total. The van der Waals surface area contributed by atoms with Gasteiger partial charge in [-0.05, 0) is 52.5 Å². The van der Waals surface area contributed by atoms with Gasteiger partial charge in [-0.15, -0.1) is 4.73 Å². The van der Waals surface area contributed by atoms with Crippen LogP contribution in [-0.2, 0) is 0 Å². The molecule has 0 amide bonds. The highest BCUT2D eigenvalue weighted by Gasteiger charge is 2.05. The number of halogens is 1. The molecular formula is C31H44FN7O4. The van der Waals surface area contributed by atoms with Crippen LogP contribution in [0.1, 0.15) is 101 Å². The molecule has 0 unspecified atom stereocenters. The van der Waals surface area contributed by atoms with E-state index in [2.05, 4.69) is 47.6 Å². The smallest absolute Gasteiger partial charge is 0.283 e. The summed E-state index contributed by atoms with van der Waals surface area (Å²) in [5.41, 5.74) is 8.23. The molecule has 0 bridgehead atoms. The first-order chi connectivity index (χ1) is 20.0. The Morgan fingerprint density at radius 3 is 1.77 bits per heavy atom. The highest BCUT2D eigenvalue weighted by Crippen LogP contribution is 2.12. The summed E-state index contributed by atoms with van der Waals surface area (Å²) in [6.07, 6.45) is 4.97. The van der Waals surface area contributed by atoms with E-state index in [-0.39, 0.29) is 34.4 Å². The van der Waals surface area contributed by atoms with Crippen molar-refractivity contribution in [1.29, 1.82) is 5.41 Å². The number of aromatic amines is 3. The molecule has 0 aliphatic carbocycles. The molecule has 4 aromatic heterocycles. The monoisotopic (exact) mass is 597 g/mol. The van der Waals surface area contributed by atoms with Crippen molar-refractivity contribution in [3.8, 4) is 0 Å². The van der Waals surface area contributed by atoms with Gasteiger partial charge in [0.1, 0.15) is 5.82 Å². The molecule has 12 heteroatoms. The van der Waals surface area contributed by atoms with E-state index in [1.165, 1.54) is 17.8 Å². The second kappa shape index (κ2) is 17.3. The highest BCUT2D eigenvalue weighted by molar-refractivity contribution is 5.29. The lowest BCUT2D eigenvalue weighted by Gasteiger charge is -2.07. The Kier molecular flexibility index (Phi) is 14.6. The van der Waals surface area contributed by atoms with Crippen molar-refractivity contribution >= 4 is 5.82 Å². The average molecular weight is 598 g/mol. The molecule has 4 aromatic rings. The minimum atomic E-state index is -0.712. The van der Waals surface area contributed by atoms with Crippen molar-refractivity contribution in [2.24, 2.45) is 0 Å². The fourth-order valence-electron chi connectivity index (χ4n) is 3.24. The summed E-state index contributed by atoms with van der Waals surface area (Å²) in [5, 5.41) is 16.3. The zero-order chi connectivity index (χ0) is 32.9. The van der Waals surface area contributed by atoms with Gasteiger partial charge in [-0.2, -0.15) is 0 Å². The molecule has 0 aromatic carbocycles. The van der Waals surface area contributed by atoms with Crippen molar-refractivity contribution < 1.29 is 9.60 Å².